The molecule has 0 radical (unpaired) electrons. The molecule has 0 aliphatic carbocycles. The molecule has 0 aliphatic rings. The van der Waals surface area contributed by atoms with Crippen molar-refractivity contribution < 1.29 is 23.5 Å². The maximum Gasteiger partial charge on any atom is 0.255 e. The van der Waals surface area contributed by atoms with E-state index >= 15 is 0 Å². The molecule has 168 valence electrons. The number of hydrogen-bond acceptors (Lipinski definition) is 6. The minimum absolute atomic E-state index is 0.104. The van der Waals surface area contributed by atoms with E-state index in [2.05, 4.69) is 10.3 Å². The van der Waals surface area contributed by atoms with Gasteiger partial charge in [-0.15, -0.1) is 0 Å². The predicted molar refractivity (Wildman–Crippen MR) is 121 cm³/mol. The van der Waals surface area contributed by atoms with Crippen LogP contribution >= 0.6 is 11.6 Å². The lowest BCUT2D eigenvalue weighted by atomic mass is 10.1. The third kappa shape index (κ3) is 5.20. The summed E-state index contributed by atoms with van der Waals surface area (Å²) in [5.41, 5.74) is 1.35. The van der Waals surface area contributed by atoms with Crippen molar-refractivity contribution in [1.82, 2.24) is 9.88 Å². The molecule has 0 unspecified atom stereocenters. The van der Waals surface area contributed by atoms with Crippen molar-refractivity contribution in [1.29, 1.82) is 0 Å². The molecule has 0 fully saturated rings. The molecule has 3 rings (SSSR count). The number of methoxy groups -OCH3 is 2. The Balaban J connectivity index is 1.73. The second-order valence-corrected chi connectivity index (χ2v) is 7.51. The molecule has 1 heterocycles. The number of anilines is 1. The van der Waals surface area contributed by atoms with Crippen molar-refractivity contribution in [3.63, 3.8) is 0 Å². The monoisotopic (exact) mass is 457 g/mol. The van der Waals surface area contributed by atoms with Crippen molar-refractivity contribution >= 4 is 29.1 Å². The van der Waals surface area contributed by atoms with Crippen molar-refractivity contribution in [2.45, 2.75) is 12.8 Å². The largest absolute Gasteiger partial charge is 0.493 e. The molecule has 2 aromatic carbocycles. The summed E-state index contributed by atoms with van der Waals surface area (Å²) in [6.07, 6.45) is 1.96. The highest BCUT2D eigenvalue weighted by Crippen LogP contribution is 2.34. The number of carbonyl (C=O) groups excluding carboxylic acids is 2. The lowest BCUT2D eigenvalue weighted by Crippen LogP contribution is -2.24. The van der Waals surface area contributed by atoms with Crippen LogP contribution in [0.4, 0.5) is 5.69 Å². The lowest BCUT2D eigenvalue weighted by Gasteiger charge is -2.17. The van der Waals surface area contributed by atoms with Crippen LogP contribution in [0, 0.1) is 0 Å². The van der Waals surface area contributed by atoms with E-state index in [4.69, 9.17) is 25.5 Å². The van der Waals surface area contributed by atoms with Crippen LogP contribution in [0.15, 0.2) is 47.0 Å². The maximum absolute atomic E-state index is 12.6. The number of benzene rings is 2. The normalized spacial score (nSPS) is 10.5. The number of rotatable bonds is 8. The number of ether oxygens (including phenoxy) is 2. The second-order valence-electron chi connectivity index (χ2n) is 7.10. The van der Waals surface area contributed by atoms with E-state index in [0.29, 0.717) is 33.9 Å². The van der Waals surface area contributed by atoms with E-state index in [1.54, 1.807) is 38.5 Å². The number of hydrogen-bond donors (Lipinski definition) is 1. The highest BCUT2D eigenvalue weighted by molar-refractivity contribution is 6.33. The van der Waals surface area contributed by atoms with Gasteiger partial charge in [0.2, 0.25) is 5.91 Å². The van der Waals surface area contributed by atoms with Gasteiger partial charge in [-0.3, -0.25) is 9.59 Å². The smallest absolute Gasteiger partial charge is 0.255 e. The van der Waals surface area contributed by atoms with Crippen LogP contribution in [0.1, 0.15) is 22.7 Å². The van der Waals surface area contributed by atoms with Gasteiger partial charge in [0.25, 0.3) is 5.91 Å². The highest BCUT2D eigenvalue weighted by atomic mass is 35.5. The van der Waals surface area contributed by atoms with Crippen molar-refractivity contribution in [2.24, 2.45) is 0 Å². The van der Waals surface area contributed by atoms with Crippen LogP contribution in [0.3, 0.4) is 0 Å². The molecule has 3 aromatic rings. The molecule has 1 N–H and O–H groups in total. The lowest BCUT2D eigenvalue weighted by molar-refractivity contribution is -0.116. The van der Waals surface area contributed by atoms with Crippen LogP contribution < -0.4 is 14.8 Å². The third-order valence-electron chi connectivity index (χ3n) is 4.69. The van der Waals surface area contributed by atoms with Crippen LogP contribution in [0.2, 0.25) is 5.02 Å². The molecule has 0 atom stereocenters. The van der Waals surface area contributed by atoms with Crippen LogP contribution in [-0.4, -0.2) is 50.0 Å². The Kier molecular flexibility index (Phi) is 7.37. The van der Waals surface area contributed by atoms with Gasteiger partial charge in [-0.25, -0.2) is 4.98 Å². The van der Waals surface area contributed by atoms with E-state index in [1.807, 2.05) is 18.2 Å². The minimum atomic E-state index is -0.303. The molecule has 0 spiro atoms. The van der Waals surface area contributed by atoms with E-state index < -0.39 is 0 Å². The highest BCUT2D eigenvalue weighted by Gasteiger charge is 2.20. The topological polar surface area (TPSA) is 93.9 Å². The van der Waals surface area contributed by atoms with Gasteiger partial charge in [0.1, 0.15) is 0 Å². The molecule has 1 aromatic heterocycles. The molecular formula is C23H24ClN3O5. The third-order valence-corrected chi connectivity index (χ3v) is 5.02. The second kappa shape index (κ2) is 10.2. The summed E-state index contributed by atoms with van der Waals surface area (Å²) in [4.78, 5) is 30.9. The quantitative estimate of drug-likeness (QED) is 0.542. The van der Waals surface area contributed by atoms with Gasteiger partial charge in [-0.05, 0) is 18.2 Å². The maximum atomic E-state index is 12.6. The van der Waals surface area contributed by atoms with Gasteiger partial charge in [-0.2, -0.15) is 0 Å². The van der Waals surface area contributed by atoms with Gasteiger partial charge in [0.05, 0.1) is 36.7 Å². The Morgan fingerprint density at radius 2 is 1.81 bits per heavy atom. The number of carbonyl (C=O) groups is 2. The number of halogens is 1. The molecule has 0 saturated carbocycles. The summed E-state index contributed by atoms with van der Waals surface area (Å²) < 4.78 is 16.3. The van der Waals surface area contributed by atoms with Gasteiger partial charge in [-0.1, -0.05) is 23.7 Å². The number of nitrogens with zero attached hydrogens (tertiary/aromatic N) is 2. The summed E-state index contributed by atoms with van der Waals surface area (Å²) in [5.74, 6) is 1.15. The standard InChI is InChI=1S/C23H24ClN3O5/c1-27(2)23(29)15-11-18(30-3)19(31-4)12-17(15)26-21(28)9-10-22-25-13-20(32-22)14-7-5-6-8-16(14)24/h5-8,11-13H,9-10H2,1-4H3,(H,26,28). The Bertz CT molecular complexity index is 1130. The van der Waals surface area contributed by atoms with Gasteiger partial charge < -0.3 is 24.1 Å². The Hall–Kier alpha value is -3.52. The van der Waals surface area contributed by atoms with Crippen LogP contribution in [-0.2, 0) is 11.2 Å². The average Bonchev–Trinajstić information content (AvgIpc) is 3.26. The first-order chi connectivity index (χ1) is 15.3. The number of aryl methyl sites for hydroxylation is 1. The Morgan fingerprint density at radius 1 is 1.12 bits per heavy atom. The first kappa shape index (κ1) is 23.1. The van der Waals surface area contributed by atoms with Crippen molar-refractivity contribution in [3.05, 3.63) is 59.1 Å². The number of aromatic nitrogens is 1. The van der Waals surface area contributed by atoms with Gasteiger partial charge in [0, 0.05) is 38.6 Å². The number of nitrogens with one attached hydrogen (secondary N) is 1. The Labute approximate surface area is 191 Å². The van der Waals surface area contributed by atoms with E-state index in [1.165, 1.54) is 19.1 Å². The molecule has 2 amide bonds. The van der Waals surface area contributed by atoms with Gasteiger partial charge in [0.15, 0.2) is 23.1 Å². The molecular weight excluding hydrogens is 434 g/mol. The molecule has 8 nitrogen and oxygen atoms in total. The summed E-state index contributed by atoms with van der Waals surface area (Å²) in [5, 5.41) is 3.33. The van der Waals surface area contributed by atoms with Crippen LogP contribution in [0.5, 0.6) is 11.5 Å². The first-order valence-electron chi connectivity index (χ1n) is 9.81. The van der Waals surface area contributed by atoms with Crippen LogP contribution in [0.25, 0.3) is 11.3 Å². The molecule has 0 saturated heterocycles. The van der Waals surface area contributed by atoms with Gasteiger partial charge >= 0.3 is 0 Å². The van der Waals surface area contributed by atoms with E-state index in [-0.39, 0.29) is 30.2 Å². The zero-order valence-corrected chi connectivity index (χ0v) is 19.0. The summed E-state index contributed by atoms with van der Waals surface area (Å²) in [6, 6.07) is 10.4. The summed E-state index contributed by atoms with van der Waals surface area (Å²) >= 11 is 6.19. The van der Waals surface area contributed by atoms with Crippen molar-refractivity contribution in [2.75, 3.05) is 33.6 Å². The SMILES string of the molecule is COc1cc(NC(=O)CCc2ncc(-c3ccccc3Cl)o2)c(C(=O)N(C)C)cc1OC. The predicted octanol–water partition coefficient (Wildman–Crippen LogP) is 4.29. The zero-order valence-electron chi connectivity index (χ0n) is 18.3. The Morgan fingerprint density at radius 3 is 2.47 bits per heavy atom. The van der Waals surface area contributed by atoms with E-state index in [9.17, 15) is 9.59 Å². The summed E-state index contributed by atoms with van der Waals surface area (Å²) in [7, 11) is 6.22. The first-order valence-corrected chi connectivity index (χ1v) is 10.2. The number of oxazole rings is 1. The average molecular weight is 458 g/mol. The fourth-order valence-electron chi connectivity index (χ4n) is 3.04. The fourth-order valence-corrected chi connectivity index (χ4v) is 3.27. The minimum Gasteiger partial charge on any atom is -0.493 e. The summed E-state index contributed by atoms with van der Waals surface area (Å²) in [6.45, 7) is 0. The molecule has 0 bridgehead atoms. The van der Waals surface area contributed by atoms with E-state index in [0.717, 1.165) is 5.56 Å². The fraction of sp³-hybridized carbons (Fsp3) is 0.261. The molecule has 9 heteroatoms. The zero-order chi connectivity index (χ0) is 23.3. The molecule has 0 aliphatic heterocycles. The van der Waals surface area contributed by atoms with Crippen molar-refractivity contribution in [3.8, 4) is 22.8 Å². The molecule has 32 heavy (non-hydrogen) atoms. The number of amides is 2.